The van der Waals surface area contributed by atoms with Crippen LogP contribution in [-0.4, -0.2) is 76.2 Å². The molecule has 128 valence electrons. The summed E-state index contributed by atoms with van der Waals surface area (Å²) in [5.74, 6) is 0.294. The highest BCUT2D eigenvalue weighted by molar-refractivity contribution is 6.30. The molecule has 2 saturated heterocycles. The number of nitrogens with zero attached hydrogens (tertiary/aromatic N) is 5. The maximum Gasteiger partial charge on any atom is 0.236 e. The fraction of sp³-hybridized carbons (Fsp3) is 0.750. The van der Waals surface area contributed by atoms with Gasteiger partial charge in [0.2, 0.25) is 5.91 Å². The molecule has 3 rings (SSSR count). The van der Waals surface area contributed by atoms with Gasteiger partial charge in [-0.3, -0.25) is 19.3 Å². The Morgan fingerprint density at radius 2 is 1.70 bits per heavy atom. The summed E-state index contributed by atoms with van der Waals surface area (Å²) >= 11 is 6.32. The SMILES string of the molecule is Cc1nn(C)c(Cl)c1CN1CCN(CC(=O)N2CCCC2)CC1. The monoisotopic (exact) mass is 339 g/mol. The van der Waals surface area contributed by atoms with Crippen molar-refractivity contribution in [3.63, 3.8) is 0 Å². The van der Waals surface area contributed by atoms with Gasteiger partial charge < -0.3 is 4.90 Å². The van der Waals surface area contributed by atoms with E-state index in [0.717, 1.165) is 75.1 Å². The van der Waals surface area contributed by atoms with Crippen LogP contribution >= 0.6 is 11.6 Å². The molecule has 3 heterocycles. The van der Waals surface area contributed by atoms with Gasteiger partial charge in [-0.15, -0.1) is 0 Å². The summed E-state index contributed by atoms with van der Waals surface area (Å²) in [4.78, 5) is 18.9. The van der Waals surface area contributed by atoms with Crippen molar-refractivity contribution in [1.29, 1.82) is 0 Å². The van der Waals surface area contributed by atoms with Crippen LogP contribution in [0.15, 0.2) is 0 Å². The lowest BCUT2D eigenvalue weighted by Gasteiger charge is -2.35. The van der Waals surface area contributed by atoms with Gasteiger partial charge in [0.15, 0.2) is 0 Å². The molecule has 2 aliphatic rings. The molecule has 1 aromatic rings. The second kappa shape index (κ2) is 7.20. The average molecular weight is 340 g/mol. The van der Waals surface area contributed by atoms with Crippen molar-refractivity contribution < 1.29 is 4.79 Å². The highest BCUT2D eigenvalue weighted by atomic mass is 35.5. The highest BCUT2D eigenvalue weighted by Crippen LogP contribution is 2.21. The van der Waals surface area contributed by atoms with Crippen LogP contribution in [0, 0.1) is 6.92 Å². The Morgan fingerprint density at radius 1 is 1.09 bits per heavy atom. The minimum absolute atomic E-state index is 0.294. The van der Waals surface area contributed by atoms with E-state index < -0.39 is 0 Å². The molecule has 1 amide bonds. The second-order valence-electron chi connectivity index (χ2n) is 6.62. The van der Waals surface area contributed by atoms with Crippen LogP contribution in [0.1, 0.15) is 24.1 Å². The number of aryl methyl sites for hydroxylation is 2. The summed E-state index contributed by atoms with van der Waals surface area (Å²) in [6.07, 6.45) is 2.31. The lowest BCUT2D eigenvalue weighted by atomic mass is 10.2. The number of amides is 1. The lowest BCUT2D eigenvalue weighted by molar-refractivity contribution is -0.131. The maximum atomic E-state index is 12.2. The van der Waals surface area contributed by atoms with Gasteiger partial charge in [-0.05, 0) is 19.8 Å². The summed E-state index contributed by atoms with van der Waals surface area (Å²) in [6.45, 7) is 9.12. The zero-order valence-electron chi connectivity index (χ0n) is 14.1. The summed E-state index contributed by atoms with van der Waals surface area (Å²) < 4.78 is 1.73. The number of carbonyl (C=O) groups is 1. The Hall–Kier alpha value is -1.11. The van der Waals surface area contributed by atoms with Crippen molar-refractivity contribution in [1.82, 2.24) is 24.5 Å². The lowest BCUT2D eigenvalue weighted by Crippen LogP contribution is -2.49. The third-order valence-corrected chi connectivity index (χ3v) is 5.41. The molecule has 6 nitrogen and oxygen atoms in total. The van der Waals surface area contributed by atoms with Gasteiger partial charge in [-0.1, -0.05) is 11.6 Å². The van der Waals surface area contributed by atoms with E-state index in [2.05, 4.69) is 14.9 Å². The Bertz CT molecular complexity index is 559. The number of rotatable bonds is 4. The molecule has 0 aliphatic carbocycles. The molecule has 0 bridgehead atoms. The number of halogens is 1. The zero-order chi connectivity index (χ0) is 16.4. The number of carbonyl (C=O) groups excluding carboxylic acids is 1. The third-order valence-electron chi connectivity index (χ3n) is 4.93. The number of hydrogen-bond donors (Lipinski definition) is 0. The van der Waals surface area contributed by atoms with Crippen molar-refractivity contribution in [3.05, 3.63) is 16.4 Å². The summed E-state index contributed by atoms with van der Waals surface area (Å²) in [6, 6.07) is 0. The zero-order valence-corrected chi connectivity index (χ0v) is 14.8. The summed E-state index contributed by atoms with van der Waals surface area (Å²) in [5, 5.41) is 5.10. The van der Waals surface area contributed by atoms with E-state index in [4.69, 9.17) is 11.6 Å². The number of piperazine rings is 1. The van der Waals surface area contributed by atoms with Crippen LogP contribution in [-0.2, 0) is 18.4 Å². The molecule has 0 radical (unpaired) electrons. The smallest absolute Gasteiger partial charge is 0.236 e. The van der Waals surface area contributed by atoms with E-state index in [1.807, 2.05) is 18.9 Å². The molecule has 1 aromatic heterocycles. The first kappa shape index (κ1) is 16.7. The Kier molecular flexibility index (Phi) is 5.24. The van der Waals surface area contributed by atoms with Gasteiger partial charge in [0.25, 0.3) is 0 Å². The quantitative estimate of drug-likeness (QED) is 0.824. The largest absolute Gasteiger partial charge is 0.342 e. The molecule has 0 atom stereocenters. The Labute approximate surface area is 143 Å². The maximum absolute atomic E-state index is 12.2. The van der Waals surface area contributed by atoms with Gasteiger partial charge in [0, 0.05) is 58.4 Å². The molecule has 0 spiro atoms. The van der Waals surface area contributed by atoms with Crippen LogP contribution in [0.3, 0.4) is 0 Å². The highest BCUT2D eigenvalue weighted by Gasteiger charge is 2.24. The van der Waals surface area contributed by atoms with Crippen LogP contribution in [0.25, 0.3) is 0 Å². The molecule has 2 aliphatic heterocycles. The molecule has 2 fully saturated rings. The van der Waals surface area contributed by atoms with Crippen molar-refractivity contribution in [2.24, 2.45) is 7.05 Å². The van der Waals surface area contributed by atoms with Gasteiger partial charge in [0.05, 0.1) is 12.2 Å². The van der Waals surface area contributed by atoms with Gasteiger partial charge in [-0.25, -0.2) is 0 Å². The van der Waals surface area contributed by atoms with Gasteiger partial charge >= 0.3 is 0 Å². The first-order valence-corrected chi connectivity index (χ1v) is 8.83. The van der Waals surface area contributed by atoms with Crippen LogP contribution < -0.4 is 0 Å². The Balaban J connectivity index is 1.47. The van der Waals surface area contributed by atoms with Crippen molar-refractivity contribution in [2.75, 3.05) is 45.8 Å². The fourth-order valence-electron chi connectivity index (χ4n) is 3.44. The molecule has 7 heteroatoms. The average Bonchev–Trinajstić information content (AvgIpc) is 3.14. The molecule has 0 saturated carbocycles. The van der Waals surface area contributed by atoms with E-state index in [1.54, 1.807) is 4.68 Å². The molecule has 0 N–H and O–H groups in total. The first-order valence-electron chi connectivity index (χ1n) is 8.45. The van der Waals surface area contributed by atoms with Crippen LogP contribution in [0.2, 0.25) is 5.15 Å². The predicted octanol–water partition coefficient (Wildman–Crippen LogP) is 1.12. The Morgan fingerprint density at radius 3 is 2.26 bits per heavy atom. The number of likely N-dealkylation sites (tertiary alicyclic amines) is 1. The minimum Gasteiger partial charge on any atom is -0.342 e. The van der Waals surface area contributed by atoms with Gasteiger partial charge in [0.1, 0.15) is 5.15 Å². The van der Waals surface area contributed by atoms with Crippen molar-refractivity contribution in [3.8, 4) is 0 Å². The fourth-order valence-corrected chi connectivity index (χ4v) is 3.67. The van der Waals surface area contributed by atoms with E-state index in [9.17, 15) is 4.79 Å². The molecule has 23 heavy (non-hydrogen) atoms. The van der Waals surface area contributed by atoms with E-state index in [1.165, 1.54) is 0 Å². The standard InChI is InChI=1S/C16H26ClN5O/c1-13-14(16(17)19(2)18-13)11-20-7-9-21(10-8-20)12-15(23)22-5-3-4-6-22/h3-12H2,1-2H3. The van der Waals surface area contributed by atoms with Crippen molar-refractivity contribution >= 4 is 17.5 Å². The van der Waals surface area contributed by atoms with Crippen molar-refractivity contribution in [2.45, 2.75) is 26.3 Å². The first-order chi connectivity index (χ1) is 11.0. The third kappa shape index (κ3) is 3.87. The van der Waals surface area contributed by atoms with E-state index >= 15 is 0 Å². The molecular formula is C16H26ClN5O. The minimum atomic E-state index is 0.294. The second-order valence-corrected chi connectivity index (χ2v) is 6.98. The molecule has 0 unspecified atom stereocenters. The molecule has 0 aromatic carbocycles. The topological polar surface area (TPSA) is 44.6 Å². The normalized spacial score (nSPS) is 20.4. The molecular weight excluding hydrogens is 314 g/mol. The van der Waals surface area contributed by atoms with Crippen LogP contribution in [0.5, 0.6) is 0 Å². The van der Waals surface area contributed by atoms with E-state index in [-0.39, 0.29) is 0 Å². The predicted molar refractivity (Wildman–Crippen MR) is 90.5 cm³/mol. The van der Waals surface area contributed by atoms with Crippen LogP contribution in [0.4, 0.5) is 0 Å². The number of aromatic nitrogens is 2. The van der Waals surface area contributed by atoms with E-state index in [0.29, 0.717) is 12.5 Å². The number of hydrogen-bond acceptors (Lipinski definition) is 4. The summed E-state index contributed by atoms with van der Waals surface area (Å²) in [7, 11) is 1.88. The summed E-state index contributed by atoms with van der Waals surface area (Å²) in [5.41, 5.74) is 2.12. The van der Waals surface area contributed by atoms with Gasteiger partial charge in [-0.2, -0.15) is 5.10 Å².